The zero-order valence-corrected chi connectivity index (χ0v) is 13.0. The molecule has 1 heterocycles. The summed E-state index contributed by atoms with van der Waals surface area (Å²) >= 11 is 1.27. The Labute approximate surface area is 133 Å². The van der Waals surface area contributed by atoms with E-state index in [-0.39, 0.29) is 12.1 Å². The van der Waals surface area contributed by atoms with Crippen LogP contribution in [0.1, 0.15) is 19.3 Å². The molecular formula is C16H19N3O2S. The lowest BCUT2D eigenvalue weighted by atomic mass is 10.1. The van der Waals surface area contributed by atoms with E-state index in [9.17, 15) is 9.90 Å². The summed E-state index contributed by atoms with van der Waals surface area (Å²) in [5, 5.41) is 15.9. The number of nitrogens with zero attached hydrogens (tertiary/aromatic N) is 1. The van der Waals surface area contributed by atoms with E-state index in [0.29, 0.717) is 12.5 Å². The zero-order valence-electron chi connectivity index (χ0n) is 12.2. The predicted octanol–water partition coefficient (Wildman–Crippen LogP) is 3.09. The maximum Gasteiger partial charge on any atom is 0.319 e. The Bertz CT molecular complexity index is 629. The van der Waals surface area contributed by atoms with Crippen LogP contribution in [-0.2, 0) is 0 Å². The van der Waals surface area contributed by atoms with Crippen molar-refractivity contribution in [2.75, 3.05) is 11.9 Å². The van der Waals surface area contributed by atoms with Gasteiger partial charge in [0, 0.05) is 18.2 Å². The Kier molecular flexibility index (Phi) is 4.70. The molecule has 0 saturated heterocycles. The quantitative estimate of drug-likeness (QED) is 0.811. The van der Waals surface area contributed by atoms with Gasteiger partial charge in [0.25, 0.3) is 0 Å². The van der Waals surface area contributed by atoms with Gasteiger partial charge in [-0.15, -0.1) is 0 Å². The molecule has 1 aliphatic rings. The van der Waals surface area contributed by atoms with Crippen molar-refractivity contribution in [1.82, 2.24) is 9.69 Å². The number of aliphatic hydroxyl groups excluding tert-OH is 1. The highest BCUT2D eigenvalue weighted by molar-refractivity contribution is 7.10. The van der Waals surface area contributed by atoms with Crippen LogP contribution in [0, 0.1) is 5.92 Å². The lowest BCUT2D eigenvalue weighted by molar-refractivity contribution is 0.177. The maximum absolute atomic E-state index is 11.9. The number of benzene rings is 1. The second kappa shape index (κ2) is 6.89. The third-order valence-corrected chi connectivity index (χ3v) is 4.59. The number of nitrogens with one attached hydrogen (secondary N) is 2. The van der Waals surface area contributed by atoms with Gasteiger partial charge in [0.15, 0.2) is 0 Å². The molecule has 6 heteroatoms. The number of rotatable bonds is 4. The van der Waals surface area contributed by atoms with Crippen molar-refractivity contribution >= 4 is 22.6 Å². The van der Waals surface area contributed by atoms with Crippen LogP contribution in [0.3, 0.4) is 0 Å². The van der Waals surface area contributed by atoms with Crippen LogP contribution in [0.2, 0.25) is 0 Å². The molecule has 3 N–H and O–H groups in total. The fourth-order valence-corrected chi connectivity index (χ4v) is 3.36. The van der Waals surface area contributed by atoms with Gasteiger partial charge in [-0.25, -0.2) is 4.79 Å². The van der Waals surface area contributed by atoms with Crippen LogP contribution in [0.15, 0.2) is 36.4 Å². The van der Waals surface area contributed by atoms with Gasteiger partial charge in [-0.1, -0.05) is 30.3 Å². The van der Waals surface area contributed by atoms with Gasteiger partial charge in [0.1, 0.15) is 5.00 Å². The summed E-state index contributed by atoms with van der Waals surface area (Å²) in [6, 6.07) is 11.5. The van der Waals surface area contributed by atoms with Crippen molar-refractivity contribution in [3.8, 4) is 11.3 Å². The van der Waals surface area contributed by atoms with Crippen molar-refractivity contribution < 1.29 is 9.90 Å². The molecule has 5 nitrogen and oxygen atoms in total. The number of carbonyl (C=O) groups is 1. The zero-order chi connectivity index (χ0) is 15.4. The van der Waals surface area contributed by atoms with Crippen molar-refractivity contribution in [2.45, 2.75) is 25.4 Å². The first-order valence-corrected chi connectivity index (χ1v) is 8.23. The number of hydrogen-bond donors (Lipinski definition) is 3. The summed E-state index contributed by atoms with van der Waals surface area (Å²) in [6.45, 7) is 0.604. The number of aliphatic hydroxyl groups is 1. The van der Waals surface area contributed by atoms with Gasteiger partial charge in [0.05, 0.1) is 11.8 Å². The molecule has 1 saturated carbocycles. The largest absolute Gasteiger partial charge is 0.393 e. The van der Waals surface area contributed by atoms with E-state index >= 15 is 0 Å². The molecule has 0 unspecified atom stereocenters. The minimum Gasteiger partial charge on any atom is -0.393 e. The van der Waals surface area contributed by atoms with E-state index in [1.165, 1.54) is 11.5 Å². The number of hydrogen-bond acceptors (Lipinski definition) is 4. The summed E-state index contributed by atoms with van der Waals surface area (Å²) in [7, 11) is 0. The molecule has 0 radical (unpaired) electrons. The van der Waals surface area contributed by atoms with E-state index in [2.05, 4.69) is 15.0 Å². The van der Waals surface area contributed by atoms with Gasteiger partial charge in [0.2, 0.25) is 0 Å². The van der Waals surface area contributed by atoms with Crippen molar-refractivity contribution in [3.05, 3.63) is 36.4 Å². The average Bonchev–Trinajstić information content (AvgIpc) is 3.15. The van der Waals surface area contributed by atoms with Crippen molar-refractivity contribution in [3.63, 3.8) is 0 Å². The second-order valence-corrected chi connectivity index (χ2v) is 6.42. The number of anilines is 1. The van der Waals surface area contributed by atoms with Crippen LogP contribution in [-0.4, -0.2) is 28.2 Å². The Morgan fingerprint density at radius 1 is 1.32 bits per heavy atom. The molecule has 2 amide bonds. The lowest BCUT2D eigenvalue weighted by Gasteiger charge is -2.10. The van der Waals surface area contributed by atoms with Crippen LogP contribution < -0.4 is 10.6 Å². The van der Waals surface area contributed by atoms with Gasteiger partial charge < -0.3 is 10.4 Å². The number of carbonyl (C=O) groups excluding carboxylic acids is 1. The molecular weight excluding hydrogens is 298 g/mol. The standard InChI is InChI=1S/C16H19N3O2S/c20-13-7-6-11(8-13)10-17-16(21)18-15-9-14(19-22-15)12-4-2-1-3-5-12/h1-5,9,11,13,20H,6-8,10H2,(H2,17,18,21)/t11-,13+/m0/s1. The topological polar surface area (TPSA) is 74.2 Å². The summed E-state index contributed by atoms with van der Waals surface area (Å²) in [5.41, 5.74) is 1.90. The first-order valence-electron chi connectivity index (χ1n) is 7.46. The summed E-state index contributed by atoms with van der Waals surface area (Å²) in [5.74, 6) is 0.377. The number of amides is 2. The fourth-order valence-electron chi connectivity index (χ4n) is 2.71. The molecule has 3 rings (SSSR count). The molecule has 116 valence electrons. The predicted molar refractivity (Wildman–Crippen MR) is 87.9 cm³/mol. The SMILES string of the molecule is O=C(NC[C@H]1CC[C@@H](O)C1)Nc1cc(-c2ccccc2)ns1. The monoisotopic (exact) mass is 317 g/mol. The van der Waals surface area contributed by atoms with Crippen LogP contribution in [0.5, 0.6) is 0 Å². The van der Waals surface area contributed by atoms with Crippen molar-refractivity contribution in [2.24, 2.45) is 5.92 Å². The molecule has 1 aromatic carbocycles. The van der Waals surface area contributed by atoms with Crippen molar-refractivity contribution in [1.29, 1.82) is 0 Å². The molecule has 22 heavy (non-hydrogen) atoms. The van der Waals surface area contributed by atoms with E-state index < -0.39 is 0 Å². The highest BCUT2D eigenvalue weighted by Crippen LogP contribution is 2.26. The third-order valence-electron chi connectivity index (χ3n) is 3.88. The minimum absolute atomic E-state index is 0.204. The van der Waals surface area contributed by atoms with Crippen LogP contribution in [0.25, 0.3) is 11.3 Å². The molecule has 0 bridgehead atoms. The normalized spacial score (nSPS) is 20.8. The molecule has 0 spiro atoms. The Morgan fingerprint density at radius 3 is 2.86 bits per heavy atom. The minimum atomic E-state index is -0.218. The first kappa shape index (κ1) is 15.0. The van der Waals surface area contributed by atoms with E-state index in [4.69, 9.17) is 0 Å². The third kappa shape index (κ3) is 3.84. The Hall–Kier alpha value is -1.92. The fraction of sp³-hybridized carbons (Fsp3) is 0.375. The first-order chi connectivity index (χ1) is 10.7. The molecule has 0 aliphatic heterocycles. The molecule has 1 aliphatic carbocycles. The van der Waals surface area contributed by atoms with E-state index in [0.717, 1.165) is 35.5 Å². The lowest BCUT2D eigenvalue weighted by Crippen LogP contribution is -2.32. The summed E-state index contributed by atoms with van der Waals surface area (Å²) < 4.78 is 4.35. The molecule has 1 aromatic heterocycles. The number of aromatic nitrogens is 1. The second-order valence-electron chi connectivity index (χ2n) is 5.61. The number of urea groups is 1. The Balaban J connectivity index is 1.51. The summed E-state index contributed by atoms with van der Waals surface area (Å²) in [6.07, 6.45) is 2.38. The van der Waals surface area contributed by atoms with E-state index in [1.54, 1.807) is 0 Å². The van der Waals surface area contributed by atoms with Crippen LogP contribution in [0.4, 0.5) is 9.80 Å². The molecule has 1 fully saturated rings. The molecule has 2 atom stereocenters. The van der Waals surface area contributed by atoms with Crippen LogP contribution >= 0.6 is 11.5 Å². The van der Waals surface area contributed by atoms with Gasteiger partial charge >= 0.3 is 6.03 Å². The Morgan fingerprint density at radius 2 is 2.14 bits per heavy atom. The van der Waals surface area contributed by atoms with Gasteiger partial charge in [-0.05, 0) is 36.7 Å². The smallest absolute Gasteiger partial charge is 0.319 e. The highest BCUT2D eigenvalue weighted by atomic mass is 32.1. The van der Waals surface area contributed by atoms with Gasteiger partial charge in [-0.2, -0.15) is 4.37 Å². The van der Waals surface area contributed by atoms with Gasteiger partial charge in [-0.3, -0.25) is 5.32 Å². The molecule has 2 aromatic rings. The van der Waals surface area contributed by atoms with E-state index in [1.807, 2.05) is 36.4 Å². The average molecular weight is 317 g/mol. The highest BCUT2D eigenvalue weighted by Gasteiger charge is 2.22. The maximum atomic E-state index is 11.9. The summed E-state index contributed by atoms with van der Waals surface area (Å²) in [4.78, 5) is 11.9.